The van der Waals surface area contributed by atoms with E-state index >= 15 is 0 Å². The Labute approximate surface area is 194 Å². The maximum absolute atomic E-state index is 9.69. The third kappa shape index (κ3) is 5.06. The first kappa shape index (κ1) is 22.0. The lowest BCUT2D eigenvalue weighted by atomic mass is 9.97. The van der Waals surface area contributed by atoms with Crippen molar-refractivity contribution in [3.8, 4) is 12.1 Å². The molecule has 0 amide bonds. The molecule has 0 N–H and O–H groups in total. The molecular formula is C24H12Cl4N2. The maximum Gasteiger partial charge on any atom is 0.0998 e. The first-order chi connectivity index (χ1) is 14.4. The summed E-state index contributed by atoms with van der Waals surface area (Å²) in [5.41, 5.74) is 3.39. The van der Waals surface area contributed by atoms with Gasteiger partial charge in [-0.15, -0.1) is 0 Å². The van der Waals surface area contributed by atoms with Crippen LogP contribution < -0.4 is 0 Å². The van der Waals surface area contributed by atoms with Crippen LogP contribution in [0.2, 0.25) is 20.1 Å². The second-order valence-corrected chi connectivity index (χ2v) is 7.90. The van der Waals surface area contributed by atoms with Gasteiger partial charge in [-0.3, -0.25) is 0 Å². The molecule has 146 valence electrons. The Bertz CT molecular complexity index is 1160. The highest BCUT2D eigenvalue weighted by molar-refractivity contribution is 6.36. The normalized spacial score (nSPS) is 11.7. The second kappa shape index (κ2) is 9.86. The average molecular weight is 470 g/mol. The van der Waals surface area contributed by atoms with Gasteiger partial charge in [0.25, 0.3) is 0 Å². The molecular weight excluding hydrogens is 458 g/mol. The fourth-order valence-electron chi connectivity index (χ4n) is 2.84. The standard InChI is InChI=1S/C24H12Cl4N2/c25-19-5-7-21(23(27)11-19)17(13-29)9-15-3-1-2-4-16(15)10-18(14-30)22-8-6-20(26)12-24(22)28/h1-12H/b17-9+,18-10+. The Morgan fingerprint density at radius 2 is 1.03 bits per heavy atom. The van der Waals surface area contributed by atoms with E-state index in [1.807, 2.05) is 24.3 Å². The van der Waals surface area contributed by atoms with Gasteiger partial charge in [0.15, 0.2) is 0 Å². The molecule has 2 nitrogen and oxygen atoms in total. The van der Waals surface area contributed by atoms with E-state index in [9.17, 15) is 10.5 Å². The van der Waals surface area contributed by atoms with Gasteiger partial charge >= 0.3 is 0 Å². The van der Waals surface area contributed by atoms with Gasteiger partial charge in [-0.05, 0) is 47.5 Å². The number of nitrogens with zero attached hydrogens (tertiary/aromatic N) is 2. The van der Waals surface area contributed by atoms with E-state index in [1.165, 1.54) is 0 Å². The molecule has 0 unspecified atom stereocenters. The molecule has 0 aliphatic rings. The summed E-state index contributed by atoms with van der Waals surface area (Å²) in [5, 5.41) is 21.1. The predicted octanol–water partition coefficient (Wildman–Crippen LogP) is 8.43. The molecule has 0 aromatic heterocycles. The Balaban J connectivity index is 2.11. The first-order valence-corrected chi connectivity index (χ1v) is 10.2. The molecule has 0 heterocycles. The fourth-order valence-corrected chi connectivity index (χ4v) is 3.86. The molecule has 0 radical (unpaired) electrons. The Hall–Kier alpha value is -2.72. The van der Waals surface area contributed by atoms with Crippen molar-refractivity contribution >= 4 is 69.7 Å². The molecule has 0 saturated heterocycles. The molecule has 0 atom stereocenters. The van der Waals surface area contributed by atoms with Crippen molar-refractivity contribution in [2.45, 2.75) is 0 Å². The van der Waals surface area contributed by atoms with E-state index in [0.717, 1.165) is 11.1 Å². The van der Waals surface area contributed by atoms with E-state index in [0.29, 0.717) is 42.4 Å². The molecule has 3 rings (SSSR count). The van der Waals surface area contributed by atoms with Gasteiger partial charge in [0.2, 0.25) is 0 Å². The van der Waals surface area contributed by atoms with Crippen LogP contribution in [0.4, 0.5) is 0 Å². The van der Waals surface area contributed by atoms with E-state index in [4.69, 9.17) is 46.4 Å². The lowest BCUT2D eigenvalue weighted by molar-refractivity contribution is 1.51. The lowest BCUT2D eigenvalue weighted by Gasteiger charge is -2.07. The highest BCUT2D eigenvalue weighted by Crippen LogP contribution is 2.31. The second-order valence-electron chi connectivity index (χ2n) is 6.22. The highest BCUT2D eigenvalue weighted by Gasteiger charge is 2.11. The number of benzene rings is 3. The third-order valence-corrected chi connectivity index (χ3v) is 5.37. The number of halogens is 4. The van der Waals surface area contributed by atoms with Crippen molar-refractivity contribution in [2.75, 3.05) is 0 Å². The van der Waals surface area contributed by atoms with E-state index in [2.05, 4.69) is 12.1 Å². The minimum Gasteiger partial charge on any atom is -0.192 e. The van der Waals surface area contributed by atoms with Crippen LogP contribution in [0.5, 0.6) is 0 Å². The van der Waals surface area contributed by atoms with Crippen LogP contribution in [-0.4, -0.2) is 0 Å². The average Bonchev–Trinajstić information content (AvgIpc) is 2.72. The van der Waals surface area contributed by atoms with E-state index < -0.39 is 0 Å². The van der Waals surface area contributed by atoms with Crippen molar-refractivity contribution in [3.05, 3.63) is 103 Å². The van der Waals surface area contributed by atoms with Crippen molar-refractivity contribution in [2.24, 2.45) is 0 Å². The molecule has 0 bridgehead atoms. The summed E-state index contributed by atoms with van der Waals surface area (Å²) in [4.78, 5) is 0. The summed E-state index contributed by atoms with van der Waals surface area (Å²) in [7, 11) is 0. The smallest absolute Gasteiger partial charge is 0.0998 e. The summed E-state index contributed by atoms with van der Waals surface area (Å²) in [6.45, 7) is 0. The van der Waals surface area contributed by atoms with Crippen LogP contribution >= 0.6 is 46.4 Å². The summed E-state index contributed by atoms with van der Waals surface area (Å²) >= 11 is 24.5. The van der Waals surface area contributed by atoms with Gasteiger partial charge in [0.05, 0.1) is 33.3 Å². The van der Waals surface area contributed by atoms with Gasteiger partial charge in [-0.25, -0.2) is 0 Å². The van der Waals surface area contributed by atoms with Crippen molar-refractivity contribution in [3.63, 3.8) is 0 Å². The van der Waals surface area contributed by atoms with Crippen LogP contribution in [0.15, 0.2) is 60.7 Å². The molecule has 0 aliphatic heterocycles. The number of rotatable bonds is 4. The van der Waals surface area contributed by atoms with Crippen LogP contribution in [-0.2, 0) is 0 Å². The quantitative estimate of drug-likeness (QED) is 0.284. The zero-order valence-corrected chi connectivity index (χ0v) is 18.4. The van der Waals surface area contributed by atoms with Crippen LogP contribution in [0.1, 0.15) is 22.3 Å². The Morgan fingerprint density at radius 1 is 0.633 bits per heavy atom. The molecule has 0 aliphatic carbocycles. The zero-order valence-electron chi connectivity index (χ0n) is 15.3. The summed E-state index contributed by atoms with van der Waals surface area (Å²) in [6, 6.07) is 21.7. The first-order valence-electron chi connectivity index (χ1n) is 8.66. The van der Waals surface area contributed by atoms with Crippen LogP contribution in [0.25, 0.3) is 23.3 Å². The molecule has 0 spiro atoms. The Kier molecular flexibility index (Phi) is 7.22. The van der Waals surface area contributed by atoms with Gasteiger partial charge in [0, 0.05) is 21.2 Å². The monoisotopic (exact) mass is 468 g/mol. The van der Waals surface area contributed by atoms with E-state index in [1.54, 1.807) is 48.6 Å². The van der Waals surface area contributed by atoms with Gasteiger partial charge in [-0.1, -0.05) is 82.8 Å². The third-order valence-electron chi connectivity index (χ3n) is 4.28. The highest BCUT2D eigenvalue weighted by atomic mass is 35.5. The van der Waals surface area contributed by atoms with E-state index in [-0.39, 0.29) is 0 Å². The minimum absolute atomic E-state index is 0.376. The molecule has 30 heavy (non-hydrogen) atoms. The minimum atomic E-state index is 0.376. The number of nitriles is 2. The van der Waals surface area contributed by atoms with Crippen LogP contribution in [0, 0.1) is 22.7 Å². The number of allylic oxidation sites excluding steroid dienone is 2. The van der Waals surface area contributed by atoms with Gasteiger partial charge in [-0.2, -0.15) is 10.5 Å². The molecule has 0 saturated carbocycles. The summed E-state index contributed by atoms with van der Waals surface area (Å²) < 4.78 is 0. The largest absolute Gasteiger partial charge is 0.192 e. The topological polar surface area (TPSA) is 47.6 Å². The van der Waals surface area contributed by atoms with Gasteiger partial charge < -0.3 is 0 Å². The zero-order chi connectivity index (χ0) is 21.7. The van der Waals surface area contributed by atoms with Crippen molar-refractivity contribution in [1.82, 2.24) is 0 Å². The van der Waals surface area contributed by atoms with Crippen molar-refractivity contribution in [1.29, 1.82) is 10.5 Å². The Morgan fingerprint density at radius 3 is 1.37 bits per heavy atom. The molecule has 3 aromatic rings. The maximum atomic E-state index is 9.69. The summed E-state index contributed by atoms with van der Waals surface area (Å²) in [6.07, 6.45) is 3.44. The summed E-state index contributed by atoms with van der Waals surface area (Å²) in [5.74, 6) is 0. The fraction of sp³-hybridized carbons (Fsp3) is 0. The number of hydrogen-bond donors (Lipinski definition) is 0. The lowest BCUT2D eigenvalue weighted by Crippen LogP contribution is -1.88. The SMILES string of the molecule is N#C/C(=C\c1ccccc1/C=C(\C#N)c1ccc(Cl)cc1Cl)c1ccc(Cl)cc1Cl. The molecule has 0 fully saturated rings. The van der Waals surface area contributed by atoms with Gasteiger partial charge in [0.1, 0.15) is 0 Å². The van der Waals surface area contributed by atoms with Crippen LogP contribution in [0.3, 0.4) is 0 Å². The molecule has 6 heteroatoms. The predicted molar refractivity (Wildman–Crippen MR) is 126 cm³/mol. The van der Waals surface area contributed by atoms with Crippen molar-refractivity contribution < 1.29 is 0 Å². The molecule has 3 aromatic carbocycles. The number of hydrogen-bond acceptors (Lipinski definition) is 2.